The average Bonchev–Trinajstić information content (AvgIpc) is 2.61. The number of rotatable bonds is 21. The van der Waals surface area contributed by atoms with Crippen molar-refractivity contribution in [1.29, 1.82) is 0 Å². The molecule has 7 heteroatoms. The van der Waals surface area contributed by atoms with Crippen LogP contribution in [0.15, 0.2) is 0 Å². The van der Waals surface area contributed by atoms with Gasteiger partial charge in [0.2, 0.25) is 7.37 Å². The van der Waals surface area contributed by atoms with Crippen molar-refractivity contribution < 1.29 is 22.7 Å². The van der Waals surface area contributed by atoms with E-state index in [0.717, 1.165) is 19.3 Å². The summed E-state index contributed by atoms with van der Waals surface area (Å²) in [4.78, 5) is 0. The topological polar surface area (TPSA) is 61.8 Å². The molecule has 30 heavy (non-hydrogen) atoms. The van der Waals surface area contributed by atoms with Gasteiger partial charge in [-0.1, -0.05) is 77.6 Å². The lowest BCUT2D eigenvalue weighted by atomic mass is 10.1. The second-order valence-corrected chi connectivity index (χ2v) is 14.0. The zero-order valence-corrected chi connectivity index (χ0v) is 22.5. The predicted molar refractivity (Wildman–Crippen MR) is 130 cm³/mol. The third-order valence-corrected chi connectivity index (χ3v) is 11.2. The molecular formula is C23H50O5P2. The summed E-state index contributed by atoms with van der Waals surface area (Å²) >= 11 is 0. The van der Waals surface area contributed by atoms with Gasteiger partial charge < -0.3 is 13.6 Å². The van der Waals surface area contributed by atoms with Crippen molar-refractivity contribution in [2.45, 2.75) is 131 Å². The fourth-order valence-electron chi connectivity index (χ4n) is 3.60. The molecule has 0 bridgehead atoms. The second kappa shape index (κ2) is 17.8. The Hall–Kier alpha value is 0.340. The SMILES string of the molecule is CCCCCCCCCCCCCCP(=O)(CP(=O)(OC(C)C)OC(C)C)OCC. The number of hydrogen-bond acceptors (Lipinski definition) is 5. The summed E-state index contributed by atoms with van der Waals surface area (Å²) in [5, 5.41) is 0. The Balaban J connectivity index is 4.25. The quantitative estimate of drug-likeness (QED) is 0.124. The van der Waals surface area contributed by atoms with E-state index in [1.54, 1.807) is 0 Å². The van der Waals surface area contributed by atoms with Crippen LogP contribution < -0.4 is 0 Å². The molecule has 1 unspecified atom stereocenters. The van der Waals surface area contributed by atoms with Crippen LogP contribution in [0.1, 0.15) is 119 Å². The van der Waals surface area contributed by atoms with Gasteiger partial charge in [0.25, 0.3) is 0 Å². The van der Waals surface area contributed by atoms with Crippen LogP contribution in [-0.4, -0.2) is 30.9 Å². The molecule has 0 spiro atoms. The summed E-state index contributed by atoms with van der Waals surface area (Å²) in [5.74, 6) is -0.123. The van der Waals surface area contributed by atoms with Crippen LogP contribution in [0, 0.1) is 0 Å². The first-order chi connectivity index (χ1) is 14.2. The minimum absolute atomic E-state index is 0.123. The highest BCUT2D eigenvalue weighted by molar-refractivity contribution is 7.73. The van der Waals surface area contributed by atoms with Gasteiger partial charge in [0, 0.05) is 6.16 Å². The molecule has 0 saturated heterocycles. The van der Waals surface area contributed by atoms with Crippen molar-refractivity contribution in [2.75, 3.05) is 18.7 Å². The zero-order valence-electron chi connectivity index (χ0n) is 20.7. The summed E-state index contributed by atoms with van der Waals surface area (Å²) in [7, 11) is -6.50. The monoisotopic (exact) mass is 468 g/mol. The van der Waals surface area contributed by atoms with Crippen LogP contribution in [0.2, 0.25) is 0 Å². The largest absolute Gasteiger partial charge is 0.340 e. The molecule has 0 heterocycles. The van der Waals surface area contributed by atoms with Crippen molar-refractivity contribution >= 4 is 15.0 Å². The average molecular weight is 469 g/mol. The van der Waals surface area contributed by atoms with E-state index in [2.05, 4.69) is 6.92 Å². The third kappa shape index (κ3) is 17.0. The highest BCUT2D eigenvalue weighted by Gasteiger charge is 2.38. The van der Waals surface area contributed by atoms with Gasteiger partial charge in [-0.3, -0.25) is 9.13 Å². The second-order valence-electron chi connectivity index (χ2n) is 8.91. The highest BCUT2D eigenvalue weighted by Crippen LogP contribution is 2.64. The number of unbranched alkanes of at least 4 members (excludes halogenated alkanes) is 11. The Labute approximate surface area is 187 Å². The van der Waals surface area contributed by atoms with Crippen molar-refractivity contribution in [3.05, 3.63) is 0 Å². The predicted octanol–water partition coefficient (Wildman–Crippen LogP) is 9.00. The maximum Gasteiger partial charge on any atom is 0.340 e. The molecule has 0 aliphatic carbocycles. The van der Waals surface area contributed by atoms with Gasteiger partial charge in [0.1, 0.15) is 5.90 Å². The molecule has 0 radical (unpaired) electrons. The molecule has 0 aliphatic heterocycles. The molecule has 1 atom stereocenters. The van der Waals surface area contributed by atoms with Crippen LogP contribution >= 0.6 is 15.0 Å². The molecule has 5 nitrogen and oxygen atoms in total. The minimum atomic E-state index is -3.46. The van der Waals surface area contributed by atoms with Gasteiger partial charge in [-0.2, -0.15) is 0 Å². The Morgan fingerprint density at radius 2 is 1.03 bits per heavy atom. The van der Waals surface area contributed by atoms with Crippen LogP contribution in [-0.2, 0) is 22.7 Å². The van der Waals surface area contributed by atoms with Crippen molar-refractivity contribution in [3.63, 3.8) is 0 Å². The van der Waals surface area contributed by atoms with Gasteiger partial charge in [-0.05, 0) is 41.0 Å². The van der Waals surface area contributed by atoms with Gasteiger partial charge >= 0.3 is 7.60 Å². The van der Waals surface area contributed by atoms with Gasteiger partial charge in [-0.15, -0.1) is 0 Å². The fraction of sp³-hybridized carbons (Fsp3) is 1.00. The molecule has 182 valence electrons. The fourth-order valence-corrected chi connectivity index (χ4v) is 9.78. The Kier molecular flexibility index (Phi) is 18.0. The minimum Gasteiger partial charge on any atom is -0.328 e. The van der Waals surface area contributed by atoms with Crippen molar-refractivity contribution in [1.82, 2.24) is 0 Å². The summed E-state index contributed by atoms with van der Waals surface area (Å²) in [6.45, 7) is 11.7. The van der Waals surface area contributed by atoms with Crippen molar-refractivity contribution in [3.8, 4) is 0 Å². The first kappa shape index (κ1) is 30.3. The van der Waals surface area contributed by atoms with Crippen LogP contribution in [0.25, 0.3) is 0 Å². The maximum absolute atomic E-state index is 13.3. The summed E-state index contributed by atoms with van der Waals surface area (Å²) in [6.07, 6.45) is 15.0. The van der Waals surface area contributed by atoms with Gasteiger partial charge in [-0.25, -0.2) is 0 Å². The molecule has 0 aliphatic rings. The Morgan fingerprint density at radius 3 is 1.40 bits per heavy atom. The van der Waals surface area contributed by atoms with E-state index in [9.17, 15) is 9.13 Å². The highest BCUT2D eigenvalue weighted by atomic mass is 31.2. The van der Waals surface area contributed by atoms with E-state index in [1.807, 2.05) is 34.6 Å². The molecular weight excluding hydrogens is 418 g/mol. The zero-order chi connectivity index (χ0) is 22.9. The van der Waals surface area contributed by atoms with Gasteiger partial charge in [0.15, 0.2) is 0 Å². The van der Waals surface area contributed by atoms with Crippen LogP contribution in [0.3, 0.4) is 0 Å². The van der Waals surface area contributed by atoms with E-state index in [1.165, 1.54) is 57.8 Å². The van der Waals surface area contributed by atoms with E-state index < -0.39 is 15.0 Å². The lowest BCUT2D eigenvalue weighted by molar-refractivity contribution is 0.144. The molecule has 0 aromatic heterocycles. The van der Waals surface area contributed by atoms with Crippen LogP contribution in [0.4, 0.5) is 0 Å². The van der Waals surface area contributed by atoms with E-state index in [0.29, 0.717) is 12.8 Å². The first-order valence-electron chi connectivity index (χ1n) is 12.3. The smallest absolute Gasteiger partial charge is 0.328 e. The van der Waals surface area contributed by atoms with Gasteiger partial charge in [0.05, 0.1) is 18.8 Å². The molecule has 0 fully saturated rings. The Morgan fingerprint density at radius 1 is 0.633 bits per heavy atom. The Bertz CT molecular complexity index is 480. The van der Waals surface area contributed by atoms with E-state index >= 15 is 0 Å². The van der Waals surface area contributed by atoms with Crippen molar-refractivity contribution in [2.24, 2.45) is 0 Å². The third-order valence-electron chi connectivity index (χ3n) is 4.85. The summed E-state index contributed by atoms with van der Waals surface area (Å²) in [6, 6.07) is 0. The standard InChI is InChI=1S/C23H50O5P2/c1-7-9-10-11-12-13-14-15-16-17-18-19-20-29(24,26-8-2)21-30(25,27-22(3)4)28-23(5)6/h22-23H,7-21H2,1-6H3. The first-order valence-corrected chi connectivity index (χ1v) is 16.1. The molecule has 0 rings (SSSR count). The van der Waals surface area contributed by atoms with E-state index in [-0.39, 0.29) is 18.1 Å². The molecule has 0 amide bonds. The summed E-state index contributed by atoms with van der Waals surface area (Å²) < 4.78 is 43.2. The lowest BCUT2D eigenvalue weighted by Gasteiger charge is -2.26. The molecule has 0 aromatic carbocycles. The number of hydrogen-bond donors (Lipinski definition) is 0. The maximum atomic E-state index is 13.3. The van der Waals surface area contributed by atoms with Crippen LogP contribution in [0.5, 0.6) is 0 Å². The van der Waals surface area contributed by atoms with E-state index in [4.69, 9.17) is 13.6 Å². The molecule has 0 aromatic rings. The lowest BCUT2D eigenvalue weighted by Crippen LogP contribution is -2.12. The molecule has 0 N–H and O–H groups in total. The summed E-state index contributed by atoms with van der Waals surface area (Å²) in [5.41, 5.74) is 0. The normalized spacial score (nSPS) is 14.5. The molecule has 0 saturated carbocycles.